The summed E-state index contributed by atoms with van der Waals surface area (Å²) in [6, 6.07) is 15.4. The molecule has 0 amide bonds. The van der Waals surface area contributed by atoms with Gasteiger partial charge in [0.05, 0.1) is 12.7 Å². The molecule has 0 heterocycles. The summed E-state index contributed by atoms with van der Waals surface area (Å²) in [5.41, 5.74) is 4.69. The van der Waals surface area contributed by atoms with Gasteiger partial charge in [-0.25, -0.2) is 4.79 Å². The normalized spacial score (nSPS) is 9.26. The molecule has 0 N–H and O–H groups in total. The molecule has 100 valence electrons. The zero-order valence-electron chi connectivity index (χ0n) is 11.9. The van der Waals surface area contributed by atoms with Crippen molar-refractivity contribution in [2.24, 2.45) is 0 Å². The molecule has 0 aliphatic carbocycles. The van der Waals surface area contributed by atoms with Gasteiger partial charge < -0.3 is 4.74 Å². The van der Waals surface area contributed by atoms with Crippen LogP contribution in [0.3, 0.4) is 0 Å². The van der Waals surface area contributed by atoms with Gasteiger partial charge in [0, 0.05) is 0 Å². The Hall–Kier alpha value is -2.09. The number of hydrogen-bond acceptors (Lipinski definition) is 2. The second kappa shape index (κ2) is 7.37. The first-order valence-electron chi connectivity index (χ1n) is 6.22. The molecule has 2 heteroatoms. The Kier molecular flexibility index (Phi) is 5.80. The molecule has 0 bridgehead atoms. The molecule has 0 aliphatic heterocycles. The standard InChI is InChI=1S/C9H12.C8H8O2/c1-7-4-5-8(2)9(3)6-7;1-10-8(9)7-5-3-2-4-6-7/h4-6H,1-3H3;2-6H,1H3. The maximum Gasteiger partial charge on any atom is 0.337 e. The summed E-state index contributed by atoms with van der Waals surface area (Å²) in [6.45, 7) is 6.39. The van der Waals surface area contributed by atoms with Crippen LogP contribution in [0.25, 0.3) is 0 Å². The highest BCUT2D eigenvalue weighted by molar-refractivity contribution is 5.89. The van der Waals surface area contributed by atoms with Gasteiger partial charge in [0.2, 0.25) is 0 Å². The number of ether oxygens (including phenoxy) is 1. The molecule has 0 aliphatic rings. The fourth-order valence-corrected chi connectivity index (χ4v) is 1.58. The molecule has 0 saturated heterocycles. The monoisotopic (exact) mass is 256 g/mol. The predicted octanol–water partition coefficient (Wildman–Crippen LogP) is 4.09. The zero-order chi connectivity index (χ0) is 14.3. The van der Waals surface area contributed by atoms with Crippen LogP contribution in [0.2, 0.25) is 0 Å². The minimum Gasteiger partial charge on any atom is -0.465 e. The first-order chi connectivity index (χ1) is 9.04. The van der Waals surface area contributed by atoms with Gasteiger partial charge >= 0.3 is 5.97 Å². The number of hydrogen-bond donors (Lipinski definition) is 0. The van der Waals surface area contributed by atoms with E-state index in [0.29, 0.717) is 5.56 Å². The smallest absolute Gasteiger partial charge is 0.337 e. The molecule has 2 rings (SSSR count). The molecule has 19 heavy (non-hydrogen) atoms. The van der Waals surface area contributed by atoms with Crippen LogP contribution in [0, 0.1) is 20.8 Å². The Bertz CT molecular complexity index is 530. The minimum atomic E-state index is -0.291. The number of carbonyl (C=O) groups excluding carboxylic acids is 1. The maximum atomic E-state index is 10.8. The quantitative estimate of drug-likeness (QED) is 0.718. The Morgan fingerprint density at radius 3 is 2.00 bits per heavy atom. The lowest BCUT2D eigenvalue weighted by atomic mass is 10.1. The van der Waals surface area contributed by atoms with Crippen LogP contribution in [-0.2, 0) is 4.74 Å². The SMILES string of the molecule is COC(=O)c1ccccc1.Cc1ccc(C)c(C)c1. The van der Waals surface area contributed by atoms with Crippen LogP contribution in [0.1, 0.15) is 27.0 Å². The second-order valence-corrected chi connectivity index (χ2v) is 4.45. The number of carbonyl (C=O) groups is 1. The van der Waals surface area contributed by atoms with E-state index in [0.717, 1.165) is 0 Å². The second-order valence-electron chi connectivity index (χ2n) is 4.45. The van der Waals surface area contributed by atoms with Crippen molar-refractivity contribution in [2.45, 2.75) is 20.8 Å². The van der Waals surface area contributed by atoms with Crippen molar-refractivity contribution < 1.29 is 9.53 Å². The van der Waals surface area contributed by atoms with Crippen LogP contribution in [-0.4, -0.2) is 13.1 Å². The molecule has 2 nitrogen and oxygen atoms in total. The van der Waals surface area contributed by atoms with E-state index >= 15 is 0 Å². The minimum absolute atomic E-state index is 0.291. The first-order valence-corrected chi connectivity index (χ1v) is 6.22. The summed E-state index contributed by atoms with van der Waals surface area (Å²) in [6.07, 6.45) is 0. The van der Waals surface area contributed by atoms with Crippen molar-refractivity contribution in [3.05, 3.63) is 70.8 Å². The van der Waals surface area contributed by atoms with Crippen LogP contribution in [0.4, 0.5) is 0 Å². The van der Waals surface area contributed by atoms with Gasteiger partial charge in [-0.3, -0.25) is 0 Å². The molecule has 0 spiro atoms. The molecule has 0 saturated carbocycles. The summed E-state index contributed by atoms with van der Waals surface area (Å²) >= 11 is 0. The van der Waals surface area contributed by atoms with E-state index in [1.165, 1.54) is 23.8 Å². The van der Waals surface area contributed by atoms with E-state index in [1.807, 2.05) is 6.07 Å². The summed E-state index contributed by atoms with van der Waals surface area (Å²) in [5.74, 6) is -0.291. The summed E-state index contributed by atoms with van der Waals surface area (Å²) in [7, 11) is 1.37. The Labute approximate surface area is 115 Å². The maximum absolute atomic E-state index is 10.8. The van der Waals surface area contributed by atoms with Gasteiger partial charge in [-0.15, -0.1) is 0 Å². The van der Waals surface area contributed by atoms with Crippen molar-refractivity contribution >= 4 is 5.97 Å². The highest BCUT2D eigenvalue weighted by atomic mass is 16.5. The van der Waals surface area contributed by atoms with E-state index in [9.17, 15) is 4.79 Å². The highest BCUT2D eigenvalue weighted by Gasteiger charge is 2.00. The van der Waals surface area contributed by atoms with Crippen molar-refractivity contribution in [3.63, 3.8) is 0 Å². The Balaban J connectivity index is 0.000000191. The Morgan fingerprint density at radius 2 is 1.53 bits per heavy atom. The van der Waals surface area contributed by atoms with Crippen LogP contribution >= 0.6 is 0 Å². The fraction of sp³-hybridized carbons (Fsp3) is 0.235. The summed E-state index contributed by atoms with van der Waals surface area (Å²) < 4.78 is 4.50. The number of aryl methyl sites for hydroxylation is 3. The number of esters is 1. The van der Waals surface area contributed by atoms with E-state index < -0.39 is 0 Å². The van der Waals surface area contributed by atoms with Crippen molar-refractivity contribution in [2.75, 3.05) is 7.11 Å². The number of methoxy groups -OCH3 is 1. The van der Waals surface area contributed by atoms with Crippen LogP contribution < -0.4 is 0 Å². The van der Waals surface area contributed by atoms with Gasteiger partial charge in [-0.1, -0.05) is 42.0 Å². The van der Waals surface area contributed by atoms with E-state index in [1.54, 1.807) is 24.3 Å². The third kappa shape index (κ3) is 4.96. The molecular formula is C17H20O2. The lowest BCUT2D eigenvalue weighted by Crippen LogP contribution is -1.99. The van der Waals surface area contributed by atoms with Gasteiger partial charge in [-0.05, 0) is 44.0 Å². The molecule has 2 aromatic carbocycles. The average molecular weight is 256 g/mol. The molecule has 0 radical (unpaired) electrons. The molecule has 0 unspecified atom stereocenters. The third-order valence-electron chi connectivity index (χ3n) is 2.86. The molecule has 0 aromatic heterocycles. The third-order valence-corrected chi connectivity index (χ3v) is 2.86. The topological polar surface area (TPSA) is 26.3 Å². The molecule has 2 aromatic rings. The zero-order valence-corrected chi connectivity index (χ0v) is 11.9. The first kappa shape index (κ1) is 15.0. The molecule has 0 fully saturated rings. The lowest BCUT2D eigenvalue weighted by molar-refractivity contribution is 0.0600. The number of rotatable bonds is 1. The van der Waals surface area contributed by atoms with Crippen molar-refractivity contribution in [1.29, 1.82) is 0 Å². The van der Waals surface area contributed by atoms with E-state index in [4.69, 9.17) is 0 Å². The summed E-state index contributed by atoms with van der Waals surface area (Å²) in [4.78, 5) is 10.8. The summed E-state index contributed by atoms with van der Waals surface area (Å²) in [5, 5.41) is 0. The van der Waals surface area contributed by atoms with E-state index in [-0.39, 0.29) is 5.97 Å². The van der Waals surface area contributed by atoms with E-state index in [2.05, 4.69) is 43.7 Å². The predicted molar refractivity (Wildman–Crippen MR) is 78.4 cm³/mol. The Morgan fingerprint density at radius 1 is 0.895 bits per heavy atom. The van der Waals surface area contributed by atoms with Gasteiger partial charge in [0.25, 0.3) is 0 Å². The largest absolute Gasteiger partial charge is 0.465 e. The lowest BCUT2D eigenvalue weighted by Gasteiger charge is -1.98. The molecule has 0 atom stereocenters. The van der Waals surface area contributed by atoms with Crippen molar-refractivity contribution in [1.82, 2.24) is 0 Å². The van der Waals surface area contributed by atoms with Gasteiger partial charge in [0.15, 0.2) is 0 Å². The number of benzene rings is 2. The van der Waals surface area contributed by atoms with Crippen LogP contribution in [0.5, 0.6) is 0 Å². The van der Waals surface area contributed by atoms with Gasteiger partial charge in [-0.2, -0.15) is 0 Å². The fourth-order valence-electron chi connectivity index (χ4n) is 1.58. The van der Waals surface area contributed by atoms with Gasteiger partial charge in [0.1, 0.15) is 0 Å². The van der Waals surface area contributed by atoms with Crippen molar-refractivity contribution in [3.8, 4) is 0 Å². The highest BCUT2D eigenvalue weighted by Crippen LogP contribution is 2.07. The average Bonchev–Trinajstić information content (AvgIpc) is 2.44. The van der Waals surface area contributed by atoms with Crippen LogP contribution in [0.15, 0.2) is 48.5 Å². The molecular weight excluding hydrogens is 236 g/mol.